The fourth-order valence-corrected chi connectivity index (χ4v) is 3.18. The summed E-state index contributed by atoms with van der Waals surface area (Å²) in [6.45, 7) is 8.28. The number of nitrogens with one attached hydrogen (secondary N) is 1. The van der Waals surface area contributed by atoms with Crippen molar-refractivity contribution in [3.05, 3.63) is 59.7 Å². The molecule has 4 heteroatoms. The molecule has 1 heterocycles. The molecule has 1 amide bonds. The SMILES string of the molecule is Cc1ccc(NCCC(=O)N2CCN(c3cccc(C)c3)CC2)cc1. The van der Waals surface area contributed by atoms with Crippen molar-refractivity contribution in [2.75, 3.05) is 42.9 Å². The average molecular weight is 337 g/mol. The van der Waals surface area contributed by atoms with Crippen molar-refractivity contribution in [2.45, 2.75) is 20.3 Å². The first-order valence-electron chi connectivity index (χ1n) is 9.02. The van der Waals surface area contributed by atoms with Gasteiger partial charge in [-0.25, -0.2) is 0 Å². The summed E-state index contributed by atoms with van der Waals surface area (Å²) in [4.78, 5) is 16.8. The van der Waals surface area contributed by atoms with Crippen molar-refractivity contribution in [1.29, 1.82) is 0 Å². The highest BCUT2D eigenvalue weighted by Gasteiger charge is 2.20. The summed E-state index contributed by atoms with van der Waals surface area (Å²) in [7, 11) is 0. The Balaban J connectivity index is 1.43. The number of rotatable bonds is 5. The lowest BCUT2D eigenvalue weighted by atomic mass is 10.2. The van der Waals surface area contributed by atoms with Gasteiger partial charge < -0.3 is 15.1 Å². The molecular weight excluding hydrogens is 310 g/mol. The Kier molecular flexibility index (Phi) is 5.59. The highest BCUT2D eigenvalue weighted by atomic mass is 16.2. The summed E-state index contributed by atoms with van der Waals surface area (Å²) in [5.74, 6) is 0.239. The van der Waals surface area contributed by atoms with Gasteiger partial charge in [-0.15, -0.1) is 0 Å². The largest absolute Gasteiger partial charge is 0.385 e. The molecule has 0 aromatic heterocycles. The van der Waals surface area contributed by atoms with Crippen LogP contribution in [0.5, 0.6) is 0 Å². The van der Waals surface area contributed by atoms with E-state index in [1.807, 2.05) is 4.90 Å². The highest BCUT2D eigenvalue weighted by molar-refractivity contribution is 5.77. The minimum absolute atomic E-state index is 0.239. The van der Waals surface area contributed by atoms with Crippen LogP contribution >= 0.6 is 0 Å². The molecule has 25 heavy (non-hydrogen) atoms. The van der Waals surface area contributed by atoms with Crippen molar-refractivity contribution in [1.82, 2.24) is 4.90 Å². The van der Waals surface area contributed by atoms with Gasteiger partial charge in [0.05, 0.1) is 0 Å². The van der Waals surface area contributed by atoms with E-state index in [0.29, 0.717) is 13.0 Å². The fourth-order valence-electron chi connectivity index (χ4n) is 3.18. The molecule has 2 aromatic rings. The zero-order chi connectivity index (χ0) is 17.6. The first kappa shape index (κ1) is 17.3. The highest BCUT2D eigenvalue weighted by Crippen LogP contribution is 2.18. The molecule has 0 bridgehead atoms. The normalized spacial score (nSPS) is 14.5. The van der Waals surface area contributed by atoms with Gasteiger partial charge in [-0.05, 0) is 43.7 Å². The van der Waals surface area contributed by atoms with Crippen LogP contribution in [0.3, 0.4) is 0 Å². The lowest BCUT2D eigenvalue weighted by molar-refractivity contribution is -0.131. The third-order valence-corrected chi connectivity index (χ3v) is 4.72. The molecule has 1 saturated heterocycles. The van der Waals surface area contributed by atoms with E-state index in [2.05, 4.69) is 72.6 Å². The number of nitrogens with zero attached hydrogens (tertiary/aromatic N) is 2. The van der Waals surface area contributed by atoms with Gasteiger partial charge in [0.25, 0.3) is 0 Å². The first-order chi connectivity index (χ1) is 12.1. The molecule has 2 aromatic carbocycles. The second kappa shape index (κ2) is 8.06. The Bertz CT molecular complexity index is 703. The van der Waals surface area contributed by atoms with Crippen LogP contribution in [0.1, 0.15) is 17.5 Å². The van der Waals surface area contributed by atoms with Crippen LogP contribution in [0.15, 0.2) is 48.5 Å². The van der Waals surface area contributed by atoms with E-state index in [1.54, 1.807) is 0 Å². The molecule has 1 N–H and O–H groups in total. The van der Waals surface area contributed by atoms with Gasteiger partial charge >= 0.3 is 0 Å². The quantitative estimate of drug-likeness (QED) is 0.908. The third-order valence-electron chi connectivity index (χ3n) is 4.72. The predicted molar refractivity (Wildman–Crippen MR) is 104 cm³/mol. The first-order valence-corrected chi connectivity index (χ1v) is 9.02. The van der Waals surface area contributed by atoms with E-state index >= 15 is 0 Å². The maximum Gasteiger partial charge on any atom is 0.224 e. The molecule has 1 aliphatic rings. The topological polar surface area (TPSA) is 35.6 Å². The van der Waals surface area contributed by atoms with Crippen LogP contribution in [0.25, 0.3) is 0 Å². The smallest absolute Gasteiger partial charge is 0.224 e. The fraction of sp³-hybridized carbons (Fsp3) is 0.381. The van der Waals surface area contributed by atoms with Gasteiger partial charge in [-0.1, -0.05) is 29.8 Å². The van der Waals surface area contributed by atoms with Gasteiger partial charge in [-0.2, -0.15) is 0 Å². The lowest BCUT2D eigenvalue weighted by Gasteiger charge is -2.36. The molecule has 0 radical (unpaired) electrons. The van der Waals surface area contributed by atoms with Crippen LogP contribution < -0.4 is 10.2 Å². The standard InChI is InChI=1S/C21H27N3O/c1-17-6-8-19(9-7-17)22-11-10-21(25)24-14-12-23(13-15-24)20-5-3-4-18(2)16-20/h3-9,16,22H,10-15H2,1-2H3. The molecule has 0 spiro atoms. The summed E-state index contributed by atoms with van der Waals surface area (Å²) >= 11 is 0. The maximum atomic E-state index is 12.4. The van der Waals surface area contributed by atoms with E-state index in [4.69, 9.17) is 0 Å². The Morgan fingerprint density at radius 2 is 1.68 bits per heavy atom. The second-order valence-corrected chi connectivity index (χ2v) is 6.75. The van der Waals surface area contributed by atoms with Crippen LogP contribution in [0.2, 0.25) is 0 Å². The van der Waals surface area contributed by atoms with E-state index in [-0.39, 0.29) is 5.91 Å². The van der Waals surface area contributed by atoms with Crippen LogP contribution in [0, 0.1) is 13.8 Å². The Morgan fingerprint density at radius 1 is 0.960 bits per heavy atom. The molecular formula is C21H27N3O. The predicted octanol–water partition coefficient (Wildman–Crippen LogP) is 3.45. The molecule has 3 rings (SSSR count). The summed E-state index contributed by atoms with van der Waals surface area (Å²) in [6, 6.07) is 16.8. The summed E-state index contributed by atoms with van der Waals surface area (Å²) < 4.78 is 0. The zero-order valence-electron chi connectivity index (χ0n) is 15.2. The van der Waals surface area contributed by atoms with Gasteiger partial charge in [0.15, 0.2) is 0 Å². The minimum Gasteiger partial charge on any atom is -0.385 e. The molecule has 0 aliphatic carbocycles. The van der Waals surface area contributed by atoms with Gasteiger partial charge in [-0.3, -0.25) is 4.79 Å². The van der Waals surface area contributed by atoms with Crippen LogP contribution in [0.4, 0.5) is 11.4 Å². The Labute approximate surface area is 150 Å². The molecule has 0 atom stereocenters. The molecule has 0 unspecified atom stereocenters. The van der Waals surface area contributed by atoms with Crippen molar-refractivity contribution >= 4 is 17.3 Å². The maximum absolute atomic E-state index is 12.4. The van der Waals surface area contributed by atoms with Crippen molar-refractivity contribution < 1.29 is 4.79 Å². The molecule has 0 saturated carbocycles. The third kappa shape index (κ3) is 4.75. The monoisotopic (exact) mass is 337 g/mol. The van der Waals surface area contributed by atoms with Gasteiger partial charge in [0.1, 0.15) is 0 Å². The molecule has 1 aliphatic heterocycles. The van der Waals surface area contributed by atoms with Crippen LogP contribution in [-0.2, 0) is 4.79 Å². The van der Waals surface area contributed by atoms with E-state index < -0.39 is 0 Å². The number of amides is 1. The van der Waals surface area contributed by atoms with Crippen molar-refractivity contribution in [3.63, 3.8) is 0 Å². The number of aryl methyl sites for hydroxylation is 2. The minimum atomic E-state index is 0.239. The van der Waals surface area contributed by atoms with E-state index in [1.165, 1.54) is 16.8 Å². The second-order valence-electron chi connectivity index (χ2n) is 6.75. The van der Waals surface area contributed by atoms with Crippen molar-refractivity contribution in [3.8, 4) is 0 Å². The number of hydrogen-bond donors (Lipinski definition) is 1. The van der Waals surface area contributed by atoms with Gasteiger partial charge in [0.2, 0.25) is 5.91 Å². The summed E-state index contributed by atoms with van der Waals surface area (Å²) in [5.41, 5.74) is 4.85. The van der Waals surface area contributed by atoms with Gasteiger partial charge in [0, 0.05) is 50.5 Å². The molecule has 1 fully saturated rings. The number of benzene rings is 2. The summed E-state index contributed by atoms with van der Waals surface area (Å²) in [6.07, 6.45) is 0.540. The average Bonchev–Trinajstić information content (AvgIpc) is 2.63. The van der Waals surface area contributed by atoms with E-state index in [9.17, 15) is 4.79 Å². The lowest BCUT2D eigenvalue weighted by Crippen LogP contribution is -2.49. The number of piperazine rings is 1. The molecule has 4 nitrogen and oxygen atoms in total. The number of carbonyl (C=O) groups is 1. The number of carbonyl (C=O) groups excluding carboxylic acids is 1. The van der Waals surface area contributed by atoms with Crippen molar-refractivity contribution in [2.24, 2.45) is 0 Å². The van der Waals surface area contributed by atoms with Crippen LogP contribution in [-0.4, -0.2) is 43.5 Å². The Hall–Kier alpha value is -2.49. The number of hydrogen-bond acceptors (Lipinski definition) is 3. The summed E-state index contributed by atoms with van der Waals surface area (Å²) in [5, 5.41) is 3.32. The number of anilines is 2. The van der Waals surface area contributed by atoms with E-state index in [0.717, 1.165) is 31.9 Å². The Morgan fingerprint density at radius 3 is 2.36 bits per heavy atom. The molecule has 132 valence electrons. The zero-order valence-corrected chi connectivity index (χ0v) is 15.2.